The predicted molar refractivity (Wildman–Crippen MR) is 416 cm³/mol. The highest BCUT2D eigenvalue weighted by Gasteiger charge is 2.54. The maximum Gasteiger partial charge on any atom is 0.410 e. The molecule has 7 fully saturated rings. The Morgan fingerprint density at radius 1 is 0.524 bits per heavy atom. The van der Waals surface area contributed by atoms with E-state index >= 15 is 0 Å². The average molecular weight is 1530 g/mol. The van der Waals surface area contributed by atoms with Crippen molar-refractivity contribution < 1.29 is 61.4 Å². The summed E-state index contributed by atoms with van der Waals surface area (Å²) in [7, 11) is -6.60. The number of aliphatic hydroxyl groups is 1. The van der Waals surface area contributed by atoms with Gasteiger partial charge < -0.3 is 61.5 Å². The zero-order valence-electron chi connectivity index (χ0n) is 64.0. The van der Waals surface area contributed by atoms with Gasteiger partial charge in [0.15, 0.2) is 40.1 Å². The van der Waals surface area contributed by atoms with Crippen LogP contribution in [0.3, 0.4) is 0 Å². The molecule has 13 rings (SSSR count). The van der Waals surface area contributed by atoms with E-state index in [1.54, 1.807) is 0 Å². The Bertz CT molecular complexity index is 3850. The van der Waals surface area contributed by atoms with Gasteiger partial charge in [-0.1, -0.05) is 153 Å². The highest BCUT2D eigenvalue weighted by molar-refractivity contribution is 6.76. The fourth-order valence-corrected chi connectivity index (χ4v) is 19.1. The lowest BCUT2D eigenvalue weighted by molar-refractivity contribution is 0.00684. The van der Waals surface area contributed by atoms with Gasteiger partial charge in [-0.2, -0.15) is 9.97 Å². The molecule has 7 aliphatic rings. The summed E-state index contributed by atoms with van der Waals surface area (Å²) in [5.74, 6) is 0.896. The first kappa shape index (κ1) is 78.2. The minimum absolute atomic E-state index is 0.00295. The van der Waals surface area contributed by atoms with E-state index in [1.807, 2.05) is 26.2 Å². The molecule has 2 aromatic carbocycles. The van der Waals surface area contributed by atoms with Gasteiger partial charge in [0, 0.05) is 53.6 Å². The van der Waals surface area contributed by atoms with Crippen molar-refractivity contribution in [2.45, 2.75) is 280 Å². The normalized spacial score (nSPS) is 26.4. The molecule has 0 bridgehead atoms. The molecule has 2 aliphatic carbocycles. The minimum atomic E-state index is -2.02. The molecule has 8 atom stereocenters. The first-order chi connectivity index (χ1) is 48.7. The topological polar surface area (TPSA) is 203 Å². The van der Waals surface area contributed by atoms with Crippen LogP contribution < -0.4 is 9.47 Å². The first-order valence-electron chi connectivity index (χ1n) is 37.9. The van der Waals surface area contributed by atoms with Gasteiger partial charge in [0.1, 0.15) is 55.0 Å². The number of nitrogens with zero attached hydrogens (tertiary/aromatic N) is 7. The van der Waals surface area contributed by atoms with Crippen molar-refractivity contribution in [2.24, 2.45) is 0 Å². The number of pyridine rings is 2. The quantitative estimate of drug-likeness (QED) is 0.0468. The van der Waals surface area contributed by atoms with E-state index in [1.165, 1.54) is 11.1 Å². The van der Waals surface area contributed by atoms with Crippen LogP contribution in [0.1, 0.15) is 129 Å². The Morgan fingerprint density at radius 2 is 0.893 bits per heavy atom. The lowest BCUT2D eigenvalue weighted by Crippen LogP contribution is -2.47. The second-order valence-electron chi connectivity index (χ2n) is 35.3. The maximum absolute atomic E-state index is 12.5. The second kappa shape index (κ2) is 32.1. The smallest absolute Gasteiger partial charge is 0.410 e. The summed E-state index contributed by atoms with van der Waals surface area (Å²) in [6.07, 6.45) is 7.48. The standard InChI is InChI=1S/C41H61ClN4O7Si2.C36H54ClN3O6Si2/c1-41(2,3)55(7,8)53-34-25-50-36-33(24-49-37(34)36)52-39-43-32-23-31(42)35(44-38(32)46(39)26-48-21-22-54(4,5)6)29-13-11-27(12-14-29)28-15-17-30(18-16-28)51-40(47)45-19-9-10-20-45;1-36(2,3)48(7,8)46-30-21-44-32-29(20-43-33(30)32)45-35-38-28-19-27(37)31(39-34(28)40(35)22-42-17-18-47(4,5)6)25-11-9-23(10-12-25)24-13-15-26(41)16-14-24/h11-14,23,28,30,33-34,36-37H,9-10,15-22,24-26H2,1-8H3;9-12,19,24,26,29-30,32-33,41H,13-18,20-22H2,1-8H3/t28?,30?,33-,34-,36-,37-;24?,26?,29-,30-,32-,33-/m11/s1. The number of carbonyl (C=O) groups is 1. The van der Waals surface area contributed by atoms with E-state index < -0.39 is 32.8 Å². The van der Waals surface area contributed by atoms with Crippen molar-refractivity contribution in [3.05, 3.63) is 81.8 Å². The minimum Gasteiger partial charge on any atom is -0.456 e. The van der Waals surface area contributed by atoms with Crippen LogP contribution in [0.15, 0.2) is 60.7 Å². The van der Waals surface area contributed by atoms with Crippen LogP contribution in [-0.4, -0.2) is 192 Å². The number of likely N-dealkylation sites (tertiary alicyclic amines) is 1. The third-order valence-corrected chi connectivity index (χ3v) is 36.0. The fourth-order valence-electron chi connectivity index (χ4n) is 14.4. The molecular formula is C77H115Cl2N7O13Si4. The third-order valence-electron chi connectivity index (χ3n) is 23.0. The number of fused-ring (bicyclic) bond motifs is 4. The van der Waals surface area contributed by atoms with Crippen LogP contribution in [0.5, 0.6) is 12.0 Å². The molecular weight excluding hydrogens is 1410 g/mol. The molecule has 5 aliphatic heterocycles. The zero-order valence-corrected chi connectivity index (χ0v) is 69.5. The van der Waals surface area contributed by atoms with E-state index in [2.05, 4.69) is 156 Å². The molecule has 2 saturated carbocycles. The summed E-state index contributed by atoms with van der Waals surface area (Å²) in [6, 6.07) is 23.8. The summed E-state index contributed by atoms with van der Waals surface area (Å²) in [5, 5.41) is 11.2. The molecule has 5 saturated heterocycles. The molecule has 9 heterocycles. The molecule has 0 spiro atoms. The summed E-state index contributed by atoms with van der Waals surface area (Å²) in [4.78, 5) is 34.3. The van der Waals surface area contributed by atoms with E-state index in [-0.39, 0.29) is 90.7 Å². The zero-order chi connectivity index (χ0) is 73.6. The molecule has 4 aromatic heterocycles. The van der Waals surface area contributed by atoms with Gasteiger partial charge in [0.25, 0.3) is 0 Å². The Balaban J connectivity index is 0.000000196. The van der Waals surface area contributed by atoms with Gasteiger partial charge in [-0.05, 0) is 148 Å². The summed E-state index contributed by atoms with van der Waals surface area (Å²) in [5.41, 5.74) is 8.41. The molecule has 566 valence electrons. The average Bonchev–Trinajstić information content (AvgIpc) is 1.63. The highest BCUT2D eigenvalue weighted by atomic mass is 35.5. The van der Waals surface area contributed by atoms with Crippen LogP contribution in [0, 0.1) is 0 Å². The van der Waals surface area contributed by atoms with Crippen molar-refractivity contribution >= 4 is 84.4 Å². The number of imidazole rings is 2. The first-order valence-corrected chi connectivity index (χ1v) is 51.9. The van der Waals surface area contributed by atoms with Crippen molar-refractivity contribution in [3.8, 4) is 34.5 Å². The summed E-state index contributed by atoms with van der Waals surface area (Å²) >= 11 is 13.8. The molecule has 0 radical (unpaired) electrons. The number of ether oxygens (including phenoxy) is 9. The molecule has 1 amide bonds. The number of aliphatic hydroxyl groups excluding tert-OH is 1. The van der Waals surface area contributed by atoms with Gasteiger partial charge in [-0.3, -0.25) is 9.13 Å². The Morgan fingerprint density at radius 3 is 1.27 bits per heavy atom. The number of benzene rings is 2. The van der Waals surface area contributed by atoms with Crippen LogP contribution >= 0.6 is 23.2 Å². The molecule has 1 N–H and O–H groups in total. The van der Waals surface area contributed by atoms with Crippen LogP contribution in [-0.2, 0) is 55.5 Å². The van der Waals surface area contributed by atoms with Gasteiger partial charge in [0.05, 0.1) is 66.2 Å². The summed E-state index contributed by atoms with van der Waals surface area (Å²) < 4.78 is 74.0. The van der Waals surface area contributed by atoms with E-state index in [9.17, 15) is 9.90 Å². The number of amides is 1. The fraction of sp³-hybridized carbons (Fsp3) is 0.675. The van der Waals surface area contributed by atoms with Gasteiger partial charge >= 0.3 is 18.1 Å². The monoisotopic (exact) mass is 1530 g/mol. The van der Waals surface area contributed by atoms with Crippen molar-refractivity contribution in [3.63, 3.8) is 0 Å². The molecule has 103 heavy (non-hydrogen) atoms. The molecule has 20 nitrogen and oxygen atoms in total. The molecule has 0 unspecified atom stereocenters. The Labute approximate surface area is 624 Å². The third kappa shape index (κ3) is 18.7. The number of hydrogen-bond acceptors (Lipinski definition) is 17. The van der Waals surface area contributed by atoms with Crippen LogP contribution in [0.4, 0.5) is 4.79 Å². The van der Waals surface area contributed by atoms with Crippen LogP contribution in [0.2, 0.25) is 97.7 Å². The number of rotatable bonds is 23. The second-order valence-corrected chi connectivity index (χ2v) is 56.9. The molecule has 26 heteroatoms. The van der Waals surface area contributed by atoms with E-state index in [0.29, 0.717) is 107 Å². The SMILES string of the molecule is CC(C)(C)[Si](C)(C)O[C@@H]1CO[C@H]2[C@@H]1OC[C@H]2Oc1nc2cc(Cl)c(-c3ccc(C4CCC(O)CC4)cc3)nc2n1COCC[Si](C)(C)C.CC(C)(C)[Si](C)(C)O[C@@H]1CO[C@H]2[C@@H]1OC[C@H]2Oc1nc2cc(Cl)c(-c3ccc(C4CCC(OC(=O)N5CCCC5)CC4)cc3)nc2n1COCC[Si](C)(C)C. The Hall–Kier alpha value is -4.36. The van der Waals surface area contributed by atoms with E-state index in [4.69, 9.17) is 94.6 Å². The van der Waals surface area contributed by atoms with Gasteiger partial charge in [-0.25, -0.2) is 14.8 Å². The number of halogens is 2. The lowest BCUT2D eigenvalue weighted by atomic mass is 9.82. The van der Waals surface area contributed by atoms with Crippen molar-refractivity contribution in [1.82, 2.24) is 34.0 Å². The van der Waals surface area contributed by atoms with Gasteiger partial charge in [0.2, 0.25) is 0 Å². The van der Waals surface area contributed by atoms with Crippen LogP contribution in [0.25, 0.3) is 44.8 Å². The summed E-state index contributed by atoms with van der Waals surface area (Å²) in [6.45, 7) is 41.8. The Kier molecular flexibility index (Phi) is 24.4. The number of hydrogen-bond donors (Lipinski definition) is 1. The van der Waals surface area contributed by atoms with Gasteiger partial charge in [-0.15, -0.1) is 0 Å². The highest BCUT2D eigenvalue weighted by Crippen LogP contribution is 2.45. The largest absolute Gasteiger partial charge is 0.456 e. The number of carbonyl (C=O) groups excluding carboxylic acids is 1. The predicted octanol–water partition coefficient (Wildman–Crippen LogP) is 17.3. The maximum atomic E-state index is 12.5. The lowest BCUT2D eigenvalue weighted by Gasteiger charge is -2.39. The molecule has 6 aromatic rings. The van der Waals surface area contributed by atoms with Crippen molar-refractivity contribution in [2.75, 3.05) is 52.7 Å². The number of aromatic nitrogens is 6. The van der Waals surface area contributed by atoms with Crippen molar-refractivity contribution in [1.29, 1.82) is 0 Å². The van der Waals surface area contributed by atoms with E-state index in [0.717, 1.165) is 101 Å².